The fourth-order valence-electron chi connectivity index (χ4n) is 1.41. The number of rotatable bonds is 10. The molecule has 0 heterocycles. The standard InChI is InChI=1S/C14H21NO4/c1-2-10-18-12-3-5-13(6-4-12)19-11-9-15-8-7-14(16)17/h3-6,15H,2,7-11H2,1H3,(H,16,17). The van der Waals surface area contributed by atoms with Crippen molar-refractivity contribution in [1.82, 2.24) is 5.32 Å². The van der Waals surface area contributed by atoms with Crippen LogP contribution in [-0.4, -0.2) is 37.4 Å². The summed E-state index contributed by atoms with van der Waals surface area (Å²) in [6.07, 6.45) is 1.11. The summed E-state index contributed by atoms with van der Waals surface area (Å²) in [6, 6.07) is 7.48. The molecule has 0 spiro atoms. The summed E-state index contributed by atoms with van der Waals surface area (Å²) < 4.78 is 11.0. The van der Waals surface area contributed by atoms with Gasteiger partial charge in [-0.05, 0) is 30.7 Å². The van der Waals surface area contributed by atoms with Crippen molar-refractivity contribution in [1.29, 1.82) is 0 Å². The van der Waals surface area contributed by atoms with Gasteiger partial charge in [-0.15, -0.1) is 0 Å². The molecule has 106 valence electrons. The van der Waals surface area contributed by atoms with Crippen molar-refractivity contribution in [2.45, 2.75) is 19.8 Å². The van der Waals surface area contributed by atoms with Gasteiger partial charge in [0, 0.05) is 13.1 Å². The van der Waals surface area contributed by atoms with Gasteiger partial charge in [0.15, 0.2) is 0 Å². The Hall–Kier alpha value is -1.75. The minimum atomic E-state index is -0.795. The molecule has 0 bridgehead atoms. The first kappa shape index (κ1) is 15.3. The zero-order valence-electron chi connectivity index (χ0n) is 11.2. The van der Waals surface area contributed by atoms with Crippen LogP contribution >= 0.6 is 0 Å². The maximum absolute atomic E-state index is 10.3. The molecule has 0 fully saturated rings. The van der Waals surface area contributed by atoms with E-state index in [1.54, 1.807) is 0 Å². The van der Waals surface area contributed by atoms with Crippen LogP contribution in [0.3, 0.4) is 0 Å². The van der Waals surface area contributed by atoms with Crippen LogP contribution in [0, 0.1) is 0 Å². The smallest absolute Gasteiger partial charge is 0.304 e. The van der Waals surface area contributed by atoms with Crippen LogP contribution in [0.4, 0.5) is 0 Å². The van der Waals surface area contributed by atoms with Crippen molar-refractivity contribution in [3.8, 4) is 11.5 Å². The van der Waals surface area contributed by atoms with Gasteiger partial charge in [-0.2, -0.15) is 0 Å². The van der Waals surface area contributed by atoms with E-state index in [1.807, 2.05) is 24.3 Å². The average molecular weight is 267 g/mol. The molecule has 2 N–H and O–H groups in total. The number of hydrogen-bond acceptors (Lipinski definition) is 4. The first-order valence-corrected chi connectivity index (χ1v) is 6.50. The monoisotopic (exact) mass is 267 g/mol. The Balaban J connectivity index is 2.14. The van der Waals surface area contributed by atoms with Crippen LogP contribution in [0.25, 0.3) is 0 Å². The fraction of sp³-hybridized carbons (Fsp3) is 0.500. The summed E-state index contributed by atoms with van der Waals surface area (Å²) in [5.74, 6) is 0.828. The first-order chi connectivity index (χ1) is 9.22. The lowest BCUT2D eigenvalue weighted by Crippen LogP contribution is -2.23. The van der Waals surface area contributed by atoms with E-state index in [1.165, 1.54) is 0 Å². The topological polar surface area (TPSA) is 67.8 Å². The van der Waals surface area contributed by atoms with Crippen molar-refractivity contribution in [2.24, 2.45) is 0 Å². The molecule has 1 aromatic rings. The molecule has 0 saturated carbocycles. The van der Waals surface area contributed by atoms with Gasteiger partial charge in [-0.1, -0.05) is 6.92 Å². The largest absolute Gasteiger partial charge is 0.494 e. The number of hydrogen-bond donors (Lipinski definition) is 2. The van der Waals surface area contributed by atoms with E-state index < -0.39 is 5.97 Å². The molecule has 0 radical (unpaired) electrons. The summed E-state index contributed by atoms with van der Waals surface area (Å²) in [7, 11) is 0. The quantitative estimate of drug-likeness (QED) is 0.634. The van der Waals surface area contributed by atoms with Crippen molar-refractivity contribution >= 4 is 5.97 Å². The van der Waals surface area contributed by atoms with Crippen molar-refractivity contribution < 1.29 is 19.4 Å². The highest BCUT2D eigenvalue weighted by Gasteiger charge is 1.97. The van der Waals surface area contributed by atoms with Gasteiger partial charge in [0.2, 0.25) is 0 Å². The molecular formula is C14H21NO4. The Kier molecular flexibility index (Phi) is 7.43. The summed E-state index contributed by atoms with van der Waals surface area (Å²) in [5, 5.41) is 11.4. The van der Waals surface area contributed by atoms with Crippen LogP contribution in [-0.2, 0) is 4.79 Å². The van der Waals surface area contributed by atoms with Gasteiger partial charge in [-0.25, -0.2) is 0 Å². The third-order valence-corrected chi connectivity index (χ3v) is 2.36. The number of carboxylic acids is 1. The minimum absolute atomic E-state index is 0.128. The molecule has 1 aromatic carbocycles. The lowest BCUT2D eigenvalue weighted by atomic mass is 10.3. The predicted octanol–water partition coefficient (Wildman–Crippen LogP) is 1.92. The Bertz CT molecular complexity index is 364. The van der Waals surface area contributed by atoms with Crippen LogP contribution in [0.5, 0.6) is 11.5 Å². The molecular weight excluding hydrogens is 246 g/mol. The summed E-state index contributed by atoms with van der Waals surface area (Å²) in [4.78, 5) is 10.3. The van der Waals surface area contributed by atoms with E-state index in [9.17, 15) is 4.79 Å². The molecule has 5 nitrogen and oxygen atoms in total. The third kappa shape index (κ3) is 7.31. The number of carbonyl (C=O) groups is 1. The van der Waals surface area contributed by atoms with Crippen molar-refractivity contribution in [3.05, 3.63) is 24.3 Å². The second-order valence-electron chi connectivity index (χ2n) is 4.06. The lowest BCUT2D eigenvalue weighted by molar-refractivity contribution is -0.136. The van der Waals surface area contributed by atoms with Crippen LogP contribution in [0.1, 0.15) is 19.8 Å². The fourth-order valence-corrected chi connectivity index (χ4v) is 1.41. The Morgan fingerprint density at radius 1 is 1.11 bits per heavy atom. The number of aliphatic carboxylic acids is 1. The van der Waals surface area contributed by atoms with Gasteiger partial charge in [0.05, 0.1) is 13.0 Å². The minimum Gasteiger partial charge on any atom is -0.494 e. The third-order valence-electron chi connectivity index (χ3n) is 2.36. The number of nitrogens with one attached hydrogen (secondary N) is 1. The molecule has 0 aliphatic carbocycles. The lowest BCUT2D eigenvalue weighted by Gasteiger charge is -2.08. The molecule has 5 heteroatoms. The predicted molar refractivity (Wildman–Crippen MR) is 72.8 cm³/mol. The van der Waals surface area contributed by atoms with E-state index >= 15 is 0 Å². The SMILES string of the molecule is CCCOc1ccc(OCCNCCC(=O)O)cc1. The van der Waals surface area contributed by atoms with Crippen LogP contribution in [0.15, 0.2) is 24.3 Å². The second kappa shape index (κ2) is 9.22. The molecule has 0 amide bonds. The molecule has 0 aliphatic rings. The van der Waals surface area contributed by atoms with E-state index in [-0.39, 0.29) is 6.42 Å². The second-order valence-corrected chi connectivity index (χ2v) is 4.06. The van der Waals surface area contributed by atoms with Gasteiger partial charge in [0.1, 0.15) is 18.1 Å². The van der Waals surface area contributed by atoms with Crippen molar-refractivity contribution in [2.75, 3.05) is 26.3 Å². The Labute approximate surface area is 113 Å². The van der Waals surface area contributed by atoms with Crippen molar-refractivity contribution in [3.63, 3.8) is 0 Å². The van der Waals surface area contributed by atoms with Gasteiger partial charge >= 0.3 is 5.97 Å². The first-order valence-electron chi connectivity index (χ1n) is 6.50. The summed E-state index contributed by atoms with van der Waals surface area (Å²) in [6.45, 7) is 4.38. The average Bonchev–Trinajstić information content (AvgIpc) is 2.41. The highest BCUT2D eigenvalue weighted by Crippen LogP contribution is 2.17. The highest BCUT2D eigenvalue weighted by molar-refractivity contribution is 5.66. The maximum Gasteiger partial charge on any atom is 0.304 e. The van der Waals surface area contributed by atoms with E-state index in [4.69, 9.17) is 14.6 Å². The van der Waals surface area contributed by atoms with Crippen LogP contribution < -0.4 is 14.8 Å². The van der Waals surface area contributed by atoms with Crippen LogP contribution in [0.2, 0.25) is 0 Å². The molecule has 19 heavy (non-hydrogen) atoms. The Morgan fingerprint density at radius 2 is 1.68 bits per heavy atom. The van der Waals surface area contributed by atoms with E-state index in [0.717, 1.165) is 17.9 Å². The molecule has 0 aromatic heterocycles. The van der Waals surface area contributed by atoms with E-state index in [0.29, 0.717) is 26.3 Å². The molecule has 1 rings (SSSR count). The van der Waals surface area contributed by atoms with E-state index in [2.05, 4.69) is 12.2 Å². The molecule has 0 aliphatic heterocycles. The Morgan fingerprint density at radius 3 is 2.21 bits per heavy atom. The normalized spacial score (nSPS) is 10.2. The van der Waals surface area contributed by atoms with Gasteiger partial charge < -0.3 is 19.9 Å². The zero-order chi connectivity index (χ0) is 13.9. The molecule has 0 unspecified atom stereocenters. The molecule has 0 saturated heterocycles. The number of carboxylic acid groups (broad SMARTS) is 1. The summed E-state index contributed by atoms with van der Waals surface area (Å²) >= 11 is 0. The maximum atomic E-state index is 10.3. The van der Waals surface area contributed by atoms with Gasteiger partial charge in [0.25, 0.3) is 0 Å². The zero-order valence-corrected chi connectivity index (χ0v) is 11.2. The number of ether oxygens (including phenoxy) is 2. The highest BCUT2D eigenvalue weighted by atomic mass is 16.5. The van der Waals surface area contributed by atoms with Gasteiger partial charge in [-0.3, -0.25) is 4.79 Å². The summed E-state index contributed by atoms with van der Waals surface area (Å²) in [5.41, 5.74) is 0. The number of benzene rings is 1. The molecule has 0 atom stereocenters.